The third kappa shape index (κ3) is 7.05. The molecule has 1 saturated heterocycles. The Morgan fingerprint density at radius 3 is 2.65 bits per heavy atom. The SMILES string of the molecule is CCNC(=NCC1CCCO1)NCCS(=O)(=O)NCC1CCC1. The van der Waals surface area contributed by atoms with Gasteiger partial charge in [-0.25, -0.2) is 13.1 Å². The number of guanidine groups is 1. The molecule has 8 heteroatoms. The third-order valence-corrected chi connectivity index (χ3v) is 5.65. The van der Waals surface area contributed by atoms with Crippen LogP contribution in [0.1, 0.15) is 39.0 Å². The highest BCUT2D eigenvalue weighted by molar-refractivity contribution is 7.89. The minimum Gasteiger partial charge on any atom is -0.376 e. The Kier molecular flexibility index (Phi) is 7.58. The highest BCUT2D eigenvalue weighted by atomic mass is 32.2. The Bertz CT molecular complexity index is 471. The van der Waals surface area contributed by atoms with Gasteiger partial charge in [0.25, 0.3) is 0 Å². The lowest BCUT2D eigenvalue weighted by atomic mass is 9.86. The molecule has 23 heavy (non-hydrogen) atoms. The van der Waals surface area contributed by atoms with Crippen LogP contribution in [-0.4, -0.2) is 59.0 Å². The zero-order valence-corrected chi connectivity index (χ0v) is 14.8. The maximum atomic E-state index is 12.0. The second-order valence-corrected chi connectivity index (χ2v) is 8.17. The van der Waals surface area contributed by atoms with Crippen molar-refractivity contribution >= 4 is 16.0 Å². The van der Waals surface area contributed by atoms with E-state index in [2.05, 4.69) is 20.3 Å². The second kappa shape index (κ2) is 9.44. The van der Waals surface area contributed by atoms with Crippen molar-refractivity contribution < 1.29 is 13.2 Å². The monoisotopic (exact) mass is 346 g/mol. The first kappa shape index (κ1) is 18.5. The van der Waals surface area contributed by atoms with Gasteiger partial charge in [0.2, 0.25) is 10.0 Å². The van der Waals surface area contributed by atoms with Gasteiger partial charge >= 0.3 is 0 Å². The van der Waals surface area contributed by atoms with Gasteiger partial charge in [0, 0.05) is 26.2 Å². The molecule has 0 radical (unpaired) electrons. The van der Waals surface area contributed by atoms with Crippen LogP contribution in [0.15, 0.2) is 4.99 Å². The van der Waals surface area contributed by atoms with Crippen LogP contribution in [0.5, 0.6) is 0 Å². The Hall–Kier alpha value is -0.860. The number of aliphatic imine (C=N–C) groups is 1. The van der Waals surface area contributed by atoms with Gasteiger partial charge in [-0.15, -0.1) is 0 Å². The van der Waals surface area contributed by atoms with Crippen molar-refractivity contribution in [2.75, 3.05) is 38.5 Å². The van der Waals surface area contributed by atoms with E-state index in [-0.39, 0.29) is 11.9 Å². The first-order valence-corrected chi connectivity index (χ1v) is 10.4. The van der Waals surface area contributed by atoms with Crippen LogP contribution in [0.2, 0.25) is 0 Å². The molecule has 7 nitrogen and oxygen atoms in total. The lowest BCUT2D eigenvalue weighted by molar-refractivity contribution is 0.117. The molecular formula is C15H30N4O3S. The van der Waals surface area contributed by atoms with E-state index in [4.69, 9.17) is 4.74 Å². The molecule has 0 spiro atoms. The summed E-state index contributed by atoms with van der Waals surface area (Å²) in [5, 5.41) is 6.21. The molecule has 0 aromatic rings. The summed E-state index contributed by atoms with van der Waals surface area (Å²) < 4.78 is 32.1. The molecule has 1 unspecified atom stereocenters. The zero-order valence-electron chi connectivity index (χ0n) is 14.0. The Balaban J connectivity index is 1.68. The van der Waals surface area contributed by atoms with Gasteiger partial charge in [-0.05, 0) is 38.5 Å². The summed E-state index contributed by atoms with van der Waals surface area (Å²) in [6.07, 6.45) is 5.83. The van der Waals surface area contributed by atoms with Crippen molar-refractivity contribution in [1.29, 1.82) is 0 Å². The molecule has 0 bridgehead atoms. The van der Waals surface area contributed by atoms with Crippen molar-refractivity contribution in [3.05, 3.63) is 0 Å². The second-order valence-electron chi connectivity index (χ2n) is 6.25. The molecule has 0 aromatic carbocycles. The van der Waals surface area contributed by atoms with Crippen LogP contribution >= 0.6 is 0 Å². The van der Waals surface area contributed by atoms with E-state index < -0.39 is 10.0 Å². The maximum Gasteiger partial charge on any atom is 0.213 e. The topological polar surface area (TPSA) is 91.8 Å². The number of sulfonamides is 1. The van der Waals surface area contributed by atoms with Crippen molar-refractivity contribution in [2.45, 2.75) is 45.1 Å². The first-order valence-electron chi connectivity index (χ1n) is 8.70. The number of rotatable bonds is 9. The molecule has 0 aromatic heterocycles. The van der Waals surface area contributed by atoms with Gasteiger partial charge in [-0.1, -0.05) is 6.42 Å². The van der Waals surface area contributed by atoms with Crippen molar-refractivity contribution in [1.82, 2.24) is 15.4 Å². The number of ether oxygens (including phenoxy) is 1. The van der Waals surface area contributed by atoms with Crippen LogP contribution in [0.3, 0.4) is 0 Å². The highest BCUT2D eigenvalue weighted by Gasteiger charge is 2.20. The predicted molar refractivity (Wildman–Crippen MR) is 92.1 cm³/mol. The standard InChI is InChI=1S/C15H30N4O3S/c1-2-16-15(18-12-14-7-4-9-22-14)17-8-10-23(20,21)19-11-13-5-3-6-13/h13-14,19H,2-12H2,1H3,(H2,16,17,18). The Morgan fingerprint density at radius 2 is 2.04 bits per heavy atom. The summed E-state index contributed by atoms with van der Waals surface area (Å²) in [6, 6.07) is 0. The van der Waals surface area contributed by atoms with Gasteiger partial charge in [-0.3, -0.25) is 4.99 Å². The lowest BCUT2D eigenvalue weighted by Gasteiger charge is -2.25. The van der Waals surface area contributed by atoms with Crippen LogP contribution in [0, 0.1) is 5.92 Å². The zero-order chi connectivity index (χ0) is 16.5. The lowest BCUT2D eigenvalue weighted by Crippen LogP contribution is -2.42. The van der Waals surface area contributed by atoms with E-state index in [0.717, 1.165) is 38.8 Å². The summed E-state index contributed by atoms with van der Waals surface area (Å²) in [5.41, 5.74) is 0. The number of hydrogen-bond donors (Lipinski definition) is 3. The Labute approximate surface area is 139 Å². The van der Waals surface area contributed by atoms with Crippen LogP contribution in [-0.2, 0) is 14.8 Å². The third-order valence-electron chi connectivity index (χ3n) is 4.30. The molecule has 1 aliphatic carbocycles. The fraction of sp³-hybridized carbons (Fsp3) is 0.933. The summed E-state index contributed by atoms with van der Waals surface area (Å²) in [7, 11) is -3.21. The minimum atomic E-state index is -3.21. The number of hydrogen-bond acceptors (Lipinski definition) is 4. The van der Waals surface area contributed by atoms with Gasteiger partial charge < -0.3 is 15.4 Å². The van der Waals surface area contributed by atoms with Gasteiger partial charge in [0.1, 0.15) is 0 Å². The van der Waals surface area contributed by atoms with Crippen molar-refractivity contribution in [3.63, 3.8) is 0 Å². The quantitative estimate of drug-likeness (QED) is 0.416. The molecule has 1 atom stereocenters. The summed E-state index contributed by atoms with van der Waals surface area (Å²) in [6.45, 7) is 5.08. The molecule has 2 fully saturated rings. The van der Waals surface area contributed by atoms with E-state index in [1.165, 1.54) is 6.42 Å². The van der Waals surface area contributed by atoms with E-state index >= 15 is 0 Å². The van der Waals surface area contributed by atoms with Gasteiger partial charge in [-0.2, -0.15) is 0 Å². The average molecular weight is 346 g/mol. The summed E-state index contributed by atoms with van der Waals surface area (Å²) >= 11 is 0. The molecular weight excluding hydrogens is 316 g/mol. The van der Waals surface area contributed by atoms with E-state index in [1.807, 2.05) is 6.92 Å². The Morgan fingerprint density at radius 1 is 1.22 bits per heavy atom. The fourth-order valence-electron chi connectivity index (χ4n) is 2.64. The minimum absolute atomic E-state index is 0.0596. The van der Waals surface area contributed by atoms with Gasteiger partial charge in [0.05, 0.1) is 18.4 Å². The normalized spacial score (nSPS) is 22.8. The number of nitrogens with zero attached hydrogens (tertiary/aromatic N) is 1. The largest absolute Gasteiger partial charge is 0.376 e. The predicted octanol–water partition coefficient (Wildman–Crippen LogP) is 0.440. The summed E-state index contributed by atoms with van der Waals surface area (Å²) in [4.78, 5) is 4.47. The molecule has 1 aliphatic heterocycles. The smallest absolute Gasteiger partial charge is 0.213 e. The fourth-order valence-corrected chi connectivity index (χ4v) is 3.65. The molecule has 1 saturated carbocycles. The molecule has 0 amide bonds. The van der Waals surface area contributed by atoms with Crippen LogP contribution < -0.4 is 15.4 Å². The van der Waals surface area contributed by atoms with Crippen LogP contribution in [0.25, 0.3) is 0 Å². The molecule has 2 rings (SSSR count). The highest BCUT2D eigenvalue weighted by Crippen LogP contribution is 2.25. The van der Waals surface area contributed by atoms with E-state index in [0.29, 0.717) is 31.5 Å². The van der Waals surface area contributed by atoms with Crippen molar-refractivity contribution in [2.24, 2.45) is 10.9 Å². The van der Waals surface area contributed by atoms with Crippen molar-refractivity contribution in [3.8, 4) is 0 Å². The molecule has 2 aliphatic rings. The summed E-state index contributed by atoms with van der Waals surface area (Å²) in [5.74, 6) is 1.24. The maximum absolute atomic E-state index is 12.0. The molecule has 1 heterocycles. The van der Waals surface area contributed by atoms with Gasteiger partial charge in [0.15, 0.2) is 5.96 Å². The van der Waals surface area contributed by atoms with Crippen LogP contribution in [0.4, 0.5) is 0 Å². The first-order chi connectivity index (χ1) is 11.1. The van der Waals surface area contributed by atoms with E-state index in [1.54, 1.807) is 0 Å². The van der Waals surface area contributed by atoms with E-state index in [9.17, 15) is 8.42 Å². The molecule has 3 N–H and O–H groups in total. The molecule has 134 valence electrons. The number of nitrogens with one attached hydrogen (secondary N) is 3. The average Bonchev–Trinajstić information content (AvgIpc) is 2.96.